The fraction of sp³-hybridized carbons (Fsp3) is 0.227. The van der Waals surface area contributed by atoms with Gasteiger partial charge in [-0.15, -0.1) is 0 Å². The third-order valence-electron chi connectivity index (χ3n) is 5.91. The van der Waals surface area contributed by atoms with E-state index in [4.69, 9.17) is 0 Å². The molecule has 11 nitrogen and oxygen atoms in total. The van der Waals surface area contributed by atoms with Crippen LogP contribution in [0.5, 0.6) is 0 Å². The van der Waals surface area contributed by atoms with E-state index in [1.54, 1.807) is 23.0 Å². The molecule has 0 amide bonds. The van der Waals surface area contributed by atoms with Crippen molar-refractivity contribution < 1.29 is 17.7 Å². The highest BCUT2D eigenvalue weighted by Crippen LogP contribution is 2.33. The van der Waals surface area contributed by atoms with Crippen LogP contribution < -0.4 is 9.80 Å². The first-order valence-corrected chi connectivity index (χ1v) is 12.5. The molecule has 2 aromatic heterocycles. The number of rotatable bonds is 5. The minimum absolute atomic E-state index is 0.0897. The lowest BCUT2D eigenvalue weighted by Gasteiger charge is -2.36. The molecule has 2 aromatic carbocycles. The van der Waals surface area contributed by atoms with Crippen LogP contribution in [0.2, 0.25) is 0 Å². The van der Waals surface area contributed by atoms with E-state index in [2.05, 4.69) is 15.1 Å². The van der Waals surface area contributed by atoms with Crippen LogP contribution in [0.3, 0.4) is 0 Å². The van der Waals surface area contributed by atoms with Crippen molar-refractivity contribution >= 4 is 38.1 Å². The Morgan fingerprint density at radius 3 is 2.34 bits per heavy atom. The zero-order valence-electron chi connectivity index (χ0n) is 18.6. The Bertz CT molecular complexity index is 1530. The lowest BCUT2D eigenvalue weighted by molar-refractivity contribution is -0.384. The quantitative estimate of drug-likeness (QED) is 0.302. The topological polar surface area (TPSA) is 127 Å². The van der Waals surface area contributed by atoms with Crippen LogP contribution >= 0.6 is 0 Å². The molecule has 0 spiro atoms. The Morgan fingerprint density at radius 2 is 1.69 bits per heavy atom. The molecule has 0 aliphatic carbocycles. The summed E-state index contributed by atoms with van der Waals surface area (Å²) >= 11 is 0. The molecule has 35 heavy (non-hydrogen) atoms. The number of fused-ring (bicyclic) bond motifs is 1. The second-order valence-electron chi connectivity index (χ2n) is 8.12. The van der Waals surface area contributed by atoms with Crippen molar-refractivity contribution in [2.45, 2.75) is 4.90 Å². The zero-order valence-corrected chi connectivity index (χ0v) is 19.4. The van der Waals surface area contributed by atoms with Gasteiger partial charge < -0.3 is 9.80 Å². The molecule has 1 aliphatic heterocycles. The van der Waals surface area contributed by atoms with Gasteiger partial charge >= 0.3 is 0 Å². The average molecular weight is 498 g/mol. The van der Waals surface area contributed by atoms with Gasteiger partial charge in [0, 0.05) is 38.5 Å². The number of nitrogens with zero attached hydrogens (tertiary/aromatic N) is 7. The fourth-order valence-electron chi connectivity index (χ4n) is 4.16. The SMILES string of the molecule is CS(=O)(=O)c1ccc(N2CCN(c3ncnc4c3cnn4-c3ccc(F)cc3)CC2)c([N+](=O)[O-])c1. The summed E-state index contributed by atoms with van der Waals surface area (Å²) in [6.07, 6.45) is 4.13. The van der Waals surface area contributed by atoms with Crippen molar-refractivity contribution in [3.63, 3.8) is 0 Å². The number of benzene rings is 2. The lowest BCUT2D eigenvalue weighted by Crippen LogP contribution is -2.47. The summed E-state index contributed by atoms with van der Waals surface area (Å²) in [6, 6.07) is 9.92. The maximum atomic E-state index is 13.3. The molecule has 0 N–H and O–H groups in total. The Labute approximate surface area is 199 Å². The number of piperazine rings is 1. The molecule has 0 bridgehead atoms. The number of halogens is 1. The van der Waals surface area contributed by atoms with Crippen LogP contribution in [0.15, 0.2) is 59.9 Å². The third-order valence-corrected chi connectivity index (χ3v) is 7.02. The number of anilines is 2. The molecule has 0 radical (unpaired) electrons. The molecular formula is C22H20FN7O4S. The number of sulfone groups is 1. The van der Waals surface area contributed by atoms with Crippen LogP contribution in [0.25, 0.3) is 16.7 Å². The van der Waals surface area contributed by atoms with Gasteiger partial charge in [-0.1, -0.05) is 0 Å². The van der Waals surface area contributed by atoms with Gasteiger partial charge in [0.05, 0.1) is 27.1 Å². The van der Waals surface area contributed by atoms with Gasteiger partial charge in [0.1, 0.15) is 23.6 Å². The number of hydrogen-bond acceptors (Lipinski definition) is 9. The second kappa shape index (κ2) is 8.58. The maximum absolute atomic E-state index is 13.3. The van der Waals surface area contributed by atoms with Crippen molar-refractivity contribution in [3.05, 3.63) is 70.9 Å². The highest BCUT2D eigenvalue weighted by molar-refractivity contribution is 7.90. The van der Waals surface area contributed by atoms with Crippen LogP contribution in [-0.4, -0.2) is 65.5 Å². The highest BCUT2D eigenvalue weighted by Gasteiger charge is 2.27. The van der Waals surface area contributed by atoms with Gasteiger partial charge in [-0.2, -0.15) is 5.10 Å². The molecule has 0 saturated carbocycles. The van der Waals surface area contributed by atoms with Crippen molar-refractivity contribution in [2.24, 2.45) is 0 Å². The Balaban J connectivity index is 1.40. The van der Waals surface area contributed by atoms with E-state index >= 15 is 0 Å². The molecule has 180 valence electrons. The van der Waals surface area contributed by atoms with E-state index in [9.17, 15) is 22.9 Å². The summed E-state index contributed by atoms with van der Waals surface area (Å²) in [5.41, 5.74) is 1.38. The summed E-state index contributed by atoms with van der Waals surface area (Å²) in [5.74, 6) is 0.342. The van der Waals surface area contributed by atoms with Crippen LogP contribution in [0, 0.1) is 15.9 Å². The monoisotopic (exact) mass is 497 g/mol. The van der Waals surface area contributed by atoms with Crippen LogP contribution in [0.4, 0.5) is 21.6 Å². The molecular weight excluding hydrogens is 477 g/mol. The van der Waals surface area contributed by atoms with Crippen LogP contribution in [0.1, 0.15) is 0 Å². The van der Waals surface area contributed by atoms with E-state index in [1.165, 1.54) is 30.6 Å². The summed E-state index contributed by atoms with van der Waals surface area (Å²) in [5, 5.41) is 16.8. The molecule has 1 aliphatic rings. The molecule has 5 rings (SSSR count). The van der Waals surface area contributed by atoms with E-state index < -0.39 is 14.8 Å². The Hall–Kier alpha value is -4.13. The van der Waals surface area contributed by atoms with E-state index in [1.807, 2.05) is 9.80 Å². The second-order valence-corrected chi connectivity index (χ2v) is 10.1. The Morgan fingerprint density at radius 1 is 1.00 bits per heavy atom. The summed E-state index contributed by atoms with van der Waals surface area (Å²) in [6.45, 7) is 1.99. The highest BCUT2D eigenvalue weighted by atomic mass is 32.2. The average Bonchev–Trinajstić information content (AvgIpc) is 3.28. The van der Waals surface area contributed by atoms with Crippen molar-refractivity contribution in [3.8, 4) is 5.69 Å². The lowest BCUT2D eigenvalue weighted by atomic mass is 10.2. The largest absolute Gasteiger partial charge is 0.362 e. The third kappa shape index (κ3) is 4.25. The van der Waals surface area contributed by atoms with Gasteiger partial charge in [-0.05, 0) is 36.4 Å². The summed E-state index contributed by atoms with van der Waals surface area (Å²) in [7, 11) is -3.56. The fourth-order valence-corrected chi connectivity index (χ4v) is 4.80. The number of hydrogen-bond donors (Lipinski definition) is 0. The van der Waals surface area contributed by atoms with E-state index in [0.29, 0.717) is 49.0 Å². The van der Waals surface area contributed by atoms with Gasteiger partial charge in [0.25, 0.3) is 5.69 Å². The number of nitro benzene ring substituents is 1. The van der Waals surface area contributed by atoms with E-state index in [0.717, 1.165) is 17.7 Å². The minimum atomic E-state index is -3.56. The molecule has 1 fully saturated rings. The normalized spacial score (nSPS) is 14.5. The molecule has 0 atom stereocenters. The number of nitro groups is 1. The summed E-state index contributed by atoms with van der Waals surface area (Å²) < 4.78 is 38.6. The van der Waals surface area contributed by atoms with Gasteiger partial charge in [0.2, 0.25) is 0 Å². The molecule has 0 unspecified atom stereocenters. The van der Waals surface area contributed by atoms with Crippen LogP contribution in [-0.2, 0) is 9.84 Å². The first-order valence-electron chi connectivity index (χ1n) is 10.7. The predicted molar refractivity (Wildman–Crippen MR) is 127 cm³/mol. The Kier molecular flexibility index (Phi) is 5.55. The zero-order chi connectivity index (χ0) is 24.7. The minimum Gasteiger partial charge on any atom is -0.362 e. The number of aromatic nitrogens is 4. The van der Waals surface area contributed by atoms with Crippen molar-refractivity contribution in [1.29, 1.82) is 0 Å². The summed E-state index contributed by atoms with van der Waals surface area (Å²) in [4.78, 5) is 23.7. The first kappa shape index (κ1) is 22.7. The van der Waals surface area contributed by atoms with Gasteiger partial charge in [-0.3, -0.25) is 10.1 Å². The first-order chi connectivity index (χ1) is 16.7. The van der Waals surface area contributed by atoms with Crippen molar-refractivity contribution in [2.75, 3.05) is 42.2 Å². The smallest absolute Gasteiger partial charge is 0.293 e. The maximum Gasteiger partial charge on any atom is 0.293 e. The van der Waals surface area contributed by atoms with E-state index in [-0.39, 0.29) is 16.4 Å². The van der Waals surface area contributed by atoms with Gasteiger partial charge in [-0.25, -0.2) is 27.5 Å². The molecule has 1 saturated heterocycles. The van der Waals surface area contributed by atoms with Gasteiger partial charge in [0.15, 0.2) is 15.5 Å². The van der Waals surface area contributed by atoms with Crippen molar-refractivity contribution in [1.82, 2.24) is 19.7 Å². The molecule has 4 aromatic rings. The predicted octanol–water partition coefficient (Wildman–Crippen LogP) is 2.59. The molecule has 13 heteroatoms. The standard InChI is InChI=1S/C22H20FN7O4S/c1-35(33,34)17-6-7-19(20(12-17)30(31)32)27-8-10-28(11-9-27)21-18-13-26-29(22(18)25-14-24-21)16-4-2-15(23)3-5-16/h2-7,12-14H,8-11H2,1H3. The molecule has 3 heterocycles.